The van der Waals surface area contributed by atoms with Crippen molar-refractivity contribution >= 4 is 29.1 Å². The van der Waals surface area contributed by atoms with Gasteiger partial charge in [0.15, 0.2) is 11.9 Å². The molecule has 12 nitrogen and oxygen atoms in total. The van der Waals surface area contributed by atoms with Crippen LogP contribution in [0.4, 0.5) is 5.95 Å². The molecular weight excluding hydrogens is 396 g/mol. The number of carbonyl (C=O) groups is 2. The van der Waals surface area contributed by atoms with E-state index in [1.165, 1.54) is 29.2 Å². The molecule has 3 rings (SSSR count). The van der Waals surface area contributed by atoms with Gasteiger partial charge < -0.3 is 19.9 Å². The zero-order valence-corrected chi connectivity index (χ0v) is 16.6. The first-order valence-electron chi connectivity index (χ1n) is 9.38. The van der Waals surface area contributed by atoms with E-state index in [2.05, 4.69) is 9.97 Å². The van der Waals surface area contributed by atoms with Crippen molar-refractivity contribution in [2.45, 2.75) is 58.1 Å². The van der Waals surface area contributed by atoms with Crippen molar-refractivity contribution in [2.24, 2.45) is 0 Å². The van der Waals surface area contributed by atoms with Gasteiger partial charge in [-0.15, -0.1) is 0 Å². The minimum atomic E-state index is -0.990. The predicted molar refractivity (Wildman–Crippen MR) is 102 cm³/mol. The van der Waals surface area contributed by atoms with E-state index in [0.29, 0.717) is 11.9 Å². The van der Waals surface area contributed by atoms with Crippen LogP contribution in [0.25, 0.3) is 11.2 Å². The summed E-state index contributed by atoms with van der Waals surface area (Å²) in [6.07, 6.45) is 0.0144. The van der Waals surface area contributed by atoms with E-state index < -0.39 is 36.1 Å². The Morgan fingerprint density at radius 2 is 2.17 bits per heavy atom. The molecule has 1 aliphatic heterocycles. The summed E-state index contributed by atoms with van der Waals surface area (Å²) in [5, 5.41) is 8.79. The molecular formula is C18H22N6O6. The Balaban J connectivity index is 2.03. The Morgan fingerprint density at radius 3 is 2.83 bits per heavy atom. The fourth-order valence-electron chi connectivity index (χ4n) is 3.41. The van der Waals surface area contributed by atoms with Gasteiger partial charge in [-0.3, -0.25) is 14.2 Å². The molecule has 3 heterocycles. The maximum atomic E-state index is 13.2. The van der Waals surface area contributed by atoms with E-state index >= 15 is 0 Å². The molecule has 0 unspecified atom stereocenters. The normalized spacial score (nSPS) is 20.8. The third-order valence-corrected chi connectivity index (χ3v) is 4.58. The van der Waals surface area contributed by atoms with Crippen LogP contribution in [-0.4, -0.2) is 49.9 Å². The molecule has 0 aromatic carbocycles. The van der Waals surface area contributed by atoms with Gasteiger partial charge in [-0.25, -0.2) is 14.3 Å². The molecule has 2 aromatic rings. The van der Waals surface area contributed by atoms with Crippen LogP contribution in [0.15, 0.2) is 11.0 Å². The fourth-order valence-corrected chi connectivity index (χ4v) is 3.41. The van der Waals surface area contributed by atoms with Crippen LogP contribution in [0.1, 0.15) is 39.3 Å². The Labute approximate surface area is 171 Å². The summed E-state index contributed by atoms with van der Waals surface area (Å²) < 4.78 is 19.0. The molecule has 160 valence electrons. The molecule has 2 aromatic heterocycles. The van der Waals surface area contributed by atoms with E-state index in [4.69, 9.17) is 25.2 Å². The predicted octanol–water partition coefficient (Wildman–Crippen LogP) is 0.261. The third kappa shape index (κ3) is 4.41. The first-order chi connectivity index (χ1) is 14.3. The molecule has 0 bridgehead atoms. The summed E-state index contributed by atoms with van der Waals surface area (Å²) in [5.41, 5.74) is 5.90. The number of nitrogens with zero attached hydrogens (tertiary/aromatic N) is 5. The minimum Gasteiger partial charge on any atom is -0.463 e. The SMILES string of the molecule is CC(=O)OC[C@@H]1C[C@@H](OC(C)=O)[C@H](n2c(=O)n(CCCC#N)c3cnc(N)nc32)O1. The van der Waals surface area contributed by atoms with Gasteiger partial charge in [-0.05, 0) is 6.42 Å². The summed E-state index contributed by atoms with van der Waals surface area (Å²) in [6.45, 7) is 2.75. The van der Waals surface area contributed by atoms with Gasteiger partial charge >= 0.3 is 17.6 Å². The van der Waals surface area contributed by atoms with Crippen LogP contribution in [0.5, 0.6) is 0 Å². The largest absolute Gasteiger partial charge is 0.463 e. The molecule has 0 spiro atoms. The van der Waals surface area contributed by atoms with Gasteiger partial charge in [0.05, 0.1) is 18.4 Å². The standard InChI is InChI=1S/C18H22N6O6/c1-10(25)28-9-12-7-14(29-11(2)26)16(30-12)24-15-13(8-21-17(20)22-15)23(18(24)27)6-4-3-5-19/h8,12,14,16H,3-4,6-7,9H2,1-2H3,(H2,20,21,22)/t12-,14+,16+/m0/s1. The number of nitrogens with two attached hydrogens (primary N) is 1. The molecule has 2 N–H and O–H groups in total. The Hall–Kier alpha value is -3.46. The monoisotopic (exact) mass is 418 g/mol. The summed E-state index contributed by atoms with van der Waals surface area (Å²) >= 11 is 0. The van der Waals surface area contributed by atoms with Crippen LogP contribution in [0.2, 0.25) is 0 Å². The van der Waals surface area contributed by atoms with Gasteiger partial charge in [-0.1, -0.05) is 0 Å². The molecule has 0 radical (unpaired) electrons. The number of nitriles is 1. The van der Waals surface area contributed by atoms with Crippen LogP contribution in [-0.2, 0) is 30.3 Å². The second-order valence-electron chi connectivity index (χ2n) is 6.84. The number of nitrogen functional groups attached to an aromatic ring is 1. The van der Waals surface area contributed by atoms with Crippen molar-refractivity contribution in [1.82, 2.24) is 19.1 Å². The van der Waals surface area contributed by atoms with E-state index in [9.17, 15) is 14.4 Å². The average Bonchev–Trinajstić information content (AvgIpc) is 3.17. The quantitative estimate of drug-likeness (QED) is 0.487. The highest BCUT2D eigenvalue weighted by atomic mass is 16.6. The molecule has 0 amide bonds. The number of anilines is 1. The first kappa shape index (κ1) is 21.3. The Morgan fingerprint density at radius 1 is 1.40 bits per heavy atom. The van der Waals surface area contributed by atoms with Gasteiger partial charge in [0.2, 0.25) is 5.95 Å². The van der Waals surface area contributed by atoms with E-state index in [1.54, 1.807) is 0 Å². The molecule has 1 aliphatic rings. The molecule has 12 heteroatoms. The average molecular weight is 418 g/mol. The van der Waals surface area contributed by atoms with Crippen molar-refractivity contribution in [1.29, 1.82) is 5.26 Å². The zero-order valence-electron chi connectivity index (χ0n) is 16.6. The maximum absolute atomic E-state index is 13.2. The number of unbranched alkanes of at least 4 members (excludes halogenated alkanes) is 1. The number of hydrogen-bond acceptors (Lipinski definition) is 10. The van der Waals surface area contributed by atoms with Gasteiger partial charge in [0, 0.05) is 33.2 Å². The Kier molecular flexibility index (Phi) is 6.31. The van der Waals surface area contributed by atoms with Crippen LogP contribution in [0.3, 0.4) is 0 Å². The lowest BCUT2D eigenvalue weighted by Gasteiger charge is -2.19. The summed E-state index contributed by atoms with van der Waals surface area (Å²) in [6, 6.07) is 2.04. The minimum absolute atomic E-state index is 0.0380. The van der Waals surface area contributed by atoms with Gasteiger partial charge in [0.1, 0.15) is 18.2 Å². The lowest BCUT2D eigenvalue weighted by molar-refractivity contribution is -0.153. The number of rotatable bonds is 7. The second-order valence-corrected chi connectivity index (χ2v) is 6.84. The van der Waals surface area contributed by atoms with Crippen molar-refractivity contribution in [3.05, 3.63) is 16.7 Å². The van der Waals surface area contributed by atoms with Crippen molar-refractivity contribution in [3.8, 4) is 6.07 Å². The topological polar surface area (TPSA) is 164 Å². The Bertz CT molecular complexity index is 1050. The zero-order chi connectivity index (χ0) is 21.8. The molecule has 30 heavy (non-hydrogen) atoms. The highest BCUT2D eigenvalue weighted by molar-refractivity contribution is 5.72. The summed E-state index contributed by atoms with van der Waals surface area (Å²) in [4.78, 5) is 44.1. The highest BCUT2D eigenvalue weighted by Crippen LogP contribution is 2.33. The lowest BCUT2D eigenvalue weighted by Crippen LogP contribution is -2.33. The van der Waals surface area contributed by atoms with E-state index in [1.807, 2.05) is 6.07 Å². The molecule has 0 aliphatic carbocycles. The smallest absolute Gasteiger partial charge is 0.332 e. The number of fused-ring (bicyclic) bond motifs is 1. The lowest BCUT2D eigenvalue weighted by atomic mass is 10.2. The number of esters is 2. The fraction of sp³-hybridized carbons (Fsp3) is 0.556. The van der Waals surface area contributed by atoms with E-state index in [0.717, 1.165) is 0 Å². The summed E-state index contributed by atoms with van der Waals surface area (Å²) in [5.74, 6) is -1.05. The third-order valence-electron chi connectivity index (χ3n) is 4.58. The number of carbonyl (C=O) groups excluding carboxylic acids is 2. The van der Waals surface area contributed by atoms with Crippen molar-refractivity contribution < 1.29 is 23.8 Å². The molecule has 0 saturated carbocycles. The number of aromatic nitrogens is 4. The van der Waals surface area contributed by atoms with Crippen LogP contribution in [0, 0.1) is 11.3 Å². The van der Waals surface area contributed by atoms with Crippen LogP contribution < -0.4 is 11.4 Å². The maximum Gasteiger partial charge on any atom is 0.332 e. The van der Waals surface area contributed by atoms with E-state index in [-0.39, 0.29) is 37.6 Å². The first-order valence-corrected chi connectivity index (χ1v) is 9.38. The number of imidazole rings is 1. The molecule has 3 atom stereocenters. The van der Waals surface area contributed by atoms with Crippen molar-refractivity contribution in [3.63, 3.8) is 0 Å². The number of ether oxygens (including phenoxy) is 3. The highest BCUT2D eigenvalue weighted by Gasteiger charge is 2.41. The van der Waals surface area contributed by atoms with Crippen molar-refractivity contribution in [2.75, 3.05) is 12.3 Å². The van der Waals surface area contributed by atoms with Gasteiger partial charge in [-0.2, -0.15) is 10.2 Å². The summed E-state index contributed by atoms with van der Waals surface area (Å²) in [7, 11) is 0. The molecule has 1 fully saturated rings. The number of hydrogen-bond donors (Lipinski definition) is 1. The second kappa shape index (κ2) is 8.91. The molecule has 1 saturated heterocycles. The van der Waals surface area contributed by atoms with Gasteiger partial charge in [0.25, 0.3) is 0 Å². The number of aryl methyl sites for hydroxylation is 1. The van der Waals surface area contributed by atoms with Crippen LogP contribution >= 0.6 is 0 Å².